The minimum atomic E-state index is -0.591. The summed E-state index contributed by atoms with van der Waals surface area (Å²) in [5.41, 5.74) is 3.45. The van der Waals surface area contributed by atoms with Gasteiger partial charge in [-0.3, -0.25) is 4.79 Å². The highest BCUT2D eigenvalue weighted by Gasteiger charge is 2.18. The second kappa shape index (κ2) is 10.1. The van der Waals surface area contributed by atoms with Crippen molar-refractivity contribution < 1.29 is 18.8 Å². The molecule has 36 heavy (non-hydrogen) atoms. The van der Waals surface area contributed by atoms with Crippen LogP contribution in [0.5, 0.6) is 0 Å². The summed E-state index contributed by atoms with van der Waals surface area (Å²) in [4.78, 5) is 33.5. The second-order valence-electron chi connectivity index (χ2n) is 9.36. The standard InChI is InChI=1S/C25H29N7O4/c1-15-19(9-10-22(33)29-18-8-6-7-17(13-18)20-11-12-27-36-20)16(2)32-23(28-15)30-21(31-32)14-26-24(34)35-25(3,4)5/h6-8,11-13H,9-10,14H2,1-5H3,(H,26,34)(H,29,33). The van der Waals surface area contributed by atoms with Crippen LogP contribution in [0.2, 0.25) is 0 Å². The van der Waals surface area contributed by atoms with Crippen molar-refractivity contribution in [2.75, 3.05) is 5.32 Å². The van der Waals surface area contributed by atoms with Gasteiger partial charge >= 0.3 is 6.09 Å². The quantitative estimate of drug-likeness (QED) is 0.396. The van der Waals surface area contributed by atoms with E-state index in [1.807, 2.05) is 38.1 Å². The van der Waals surface area contributed by atoms with E-state index in [4.69, 9.17) is 9.26 Å². The van der Waals surface area contributed by atoms with Crippen LogP contribution in [-0.4, -0.2) is 42.3 Å². The molecule has 4 aromatic rings. The molecule has 2 amide bonds. The molecule has 11 nitrogen and oxygen atoms in total. The average Bonchev–Trinajstić information content (AvgIpc) is 3.47. The number of amides is 2. The summed E-state index contributed by atoms with van der Waals surface area (Å²) in [5, 5.41) is 13.8. The molecule has 0 unspecified atom stereocenters. The van der Waals surface area contributed by atoms with Crippen molar-refractivity contribution >= 4 is 23.5 Å². The predicted octanol–water partition coefficient (Wildman–Crippen LogP) is 3.99. The number of aromatic nitrogens is 5. The van der Waals surface area contributed by atoms with Crippen LogP contribution in [0.4, 0.5) is 10.5 Å². The van der Waals surface area contributed by atoms with Crippen LogP contribution in [0.15, 0.2) is 41.1 Å². The maximum absolute atomic E-state index is 12.7. The molecular weight excluding hydrogens is 462 g/mol. The lowest BCUT2D eigenvalue weighted by Crippen LogP contribution is -2.32. The summed E-state index contributed by atoms with van der Waals surface area (Å²) in [5.74, 6) is 1.36. The molecule has 0 fully saturated rings. The average molecular weight is 492 g/mol. The Kier molecular flexibility index (Phi) is 7.00. The maximum Gasteiger partial charge on any atom is 0.408 e. The molecule has 1 aromatic carbocycles. The van der Waals surface area contributed by atoms with E-state index in [1.165, 1.54) is 0 Å². The number of aryl methyl sites for hydroxylation is 2. The van der Waals surface area contributed by atoms with Gasteiger partial charge in [0.1, 0.15) is 5.60 Å². The SMILES string of the molecule is Cc1nc2nc(CNC(=O)OC(C)(C)C)nn2c(C)c1CCC(=O)Nc1cccc(-c2ccno2)c1. The first kappa shape index (κ1) is 24.8. The topological polar surface area (TPSA) is 137 Å². The molecule has 0 spiro atoms. The number of hydrogen-bond acceptors (Lipinski definition) is 8. The van der Waals surface area contributed by atoms with Crippen molar-refractivity contribution in [3.63, 3.8) is 0 Å². The molecule has 3 heterocycles. The van der Waals surface area contributed by atoms with Gasteiger partial charge in [0, 0.05) is 35.1 Å². The number of alkyl carbamates (subject to hydrolysis) is 1. The fourth-order valence-corrected chi connectivity index (χ4v) is 3.73. The molecule has 0 aliphatic heterocycles. The van der Waals surface area contributed by atoms with Crippen LogP contribution in [0.1, 0.15) is 50.0 Å². The van der Waals surface area contributed by atoms with Crippen LogP contribution >= 0.6 is 0 Å². The molecule has 0 aliphatic rings. The number of hydrogen-bond donors (Lipinski definition) is 2. The first-order chi connectivity index (χ1) is 17.1. The van der Waals surface area contributed by atoms with Gasteiger partial charge in [-0.05, 0) is 58.7 Å². The molecule has 0 aliphatic carbocycles. The van der Waals surface area contributed by atoms with Gasteiger partial charge < -0.3 is 19.9 Å². The molecule has 0 atom stereocenters. The summed E-state index contributed by atoms with van der Waals surface area (Å²) < 4.78 is 12.1. The van der Waals surface area contributed by atoms with E-state index >= 15 is 0 Å². The third kappa shape index (κ3) is 6.04. The van der Waals surface area contributed by atoms with Crippen molar-refractivity contribution in [1.29, 1.82) is 0 Å². The lowest BCUT2D eigenvalue weighted by Gasteiger charge is -2.19. The van der Waals surface area contributed by atoms with Crippen LogP contribution in [0, 0.1) is 13.8 Å². The van der Waals surface area contributed by atoms with Gasteiger partial charge in [-0.25, -0.2) is 14.3 Å². The number of rotatable bonds is 7. The van der Waals surface area contributed by atoms with E-state index in [0.29, 0.717) is 29.5 Å². The predicted molar refractivity (Wildman–Crippen MR) is 132 cm³/mol. The van der Waals surface area contributed by atoms with E-state index in [1.54, 1.807) is 37.5 Å². The van der Waals surface area contributed by atoms with Crippen molar-refractivity contribution in [3.8, 4) is 11.3 Å². The minimum absolute atomic E-state index is 0.113. The molecule has 2 N–H and O–H groups in total. The number of benzene rings is 1. The van der Waals surface area contributed by atoms with Gasteiger partial charge in [0.25, 0.3) is 5.78 Å². The van der Waals surface area contributed by atoms with E-state index in [-0.39, 0.29) is 18.9 Å². The fourth-order valence-electron chi connectivity index (χ4n) is 3.73. The number of nitrogens with zero attached hydrogens (tertiary/aromatic N) is 5. The lowest BCUT2D eigenvalue weighted by molar-refractivity contribution is -0.116. The number of carbonyl (C=O) groups is 2. The second-order valence-corrected chi connectivity index (χ2v) is 9.36. The molecular formula is C25H29N7O4. The molecule has 0 saturated carbocycles. The van der Waals surface area contributed by atoms with Crippen LogP contribution in [-0.2, 0) is 22.5 Å². The van der Waals surface area contributed by atoms with Crippen molar-refractivity contribution in [3.05, 3.63) is 59.3 Å². The Morgan fingerprint density at radius 2 is 1.94 bits per heavy atom. The smallest absolute Gasteiger partial charge is 0.408 e. The largest absolute Gasteiger partial charge is 0.444 e. The van der Waals surface area contributed by atoms with E-state index in [2.05, 4.69) is 30.9 Å². The van der Waals surface area contributed by atoms with Gasteiger partial charge in [0.2, 0.25) is 5.91 Å². The number of anilines is 1. The number of fused-ring (bicyclic) bond motifs is 1. The van der Waals surface area contributed by atoms with Gasteiger partial charge in [-0.1, -0.05) is 17.3 Å². The van der Waals surface area contributed by atoms with Crippen LogP contribution in [0.25, 0.3) is 17.1 Å². The Balaban J connectivity index is 1.40. The van der Waals surface area contributed by atoms with E-state index in [0.717, 1.165) is 22.5 Å². The maximum atomic E-state index is 12.7. The van der Waals surface area contributed by atoms with Crippen molar-refractivity contribution in [2.24, 2.45) is 0 Å². The molecule has 0 saturated heterocycles. The third-order valence-electron chi connectivity index (χ3n) is 5.35. The van der Waals surface area contributed by atoms with Gasteiger partial charge in [0.05, 0.1) is 12.7 Å². The summed E-state index contributed by atoms with van der Waals surface area (Å²) in [6.07, 6.45) is 1.79. The highest BCUT2D eigenvalue weighted by atomic mass is 16.6. The Labute approximate surface area is 208 Å². The number of carbonyl (C=O) groups excluding carboxylic acids is 2. The molecule has 0 bridgehead atoms. The molecule has 3 aromatic heterocycles. The summed E-state index contributed by atoms with van der Waals surface area (Å²) in [6, 6.07) is 9.16. The fraction of sp³-hybridized carbons (Fsp3) is 0.360. The zero-order chi connectivity index (χ0) is 25.9. The van der Waals surface area contributed by atoms with Gasteiger partial charge in [-0.15, -0.1) is 5.10 Å². The highest BCUT2D eigenvalue weighted by molar-refractivity contribution is 5.91. The molecule has 4 rings (SSSR count). The minimum Gasteiger partial charge on any atom is -0.444 e. The first-order valence-electron chi connectivity index (χ1n) is 11.6. The monoisotopic (exact) mass is 491 g/mol. The normalized spacial score (nSPS) is 11.5. The van der Waals surface area contributed by atoms with E-state index in [9.17, 15) is 9.59 Å². The Bertz CT molecular complexity index is 1390. The first-order valence-corrected chi connectivity index (χ1v) is 11.6. The third-order valence-corrected chi connectivity index (χ3v) is 5.35. The van der Waals surface area contributed by atoms with Crippen LogP contribution in [0.3, 0.4) is 0 Å². The van der Waals surface area contributed by atoms with Gasteiger partial charge in [0.15, 0.2) is 11.6 Å². The highest BCUT2D eigenvalue weighted by Crippen LogP contribution is 2.22. The van der Waals surface area contributed by atoms with Crippen LogP contribution < -0.4 is 10.6 Å². The Hall–Kier alpha value is -4.28. The lowest BCUT2D eigenvalue weighted by atomic mass is 10.1. The number of ether oxygens (including phenoxy) is 1. The summed E-state index contributed by atoms with van der Waals surface area (Å²) in [6.45, 7) is 9.29. The molecule has 188 valence electrons. The zero-order valence-electron chi connectivity index (χ0n) is 21.0. The zero-order valence-corrected chi connectivity index (χ0v) is 21.0. The van der Waals surface area contributed by atoms with Crippen molar-refractivity contribution in [2.45, 2.75) is 59.6 Å². The molecule has 11 heteroatoms. The Morgan fingerprint density at radius 1 is 1.14 bits per heavy atom. The molecule has 0 radical (unpaired) electrons. The summed E-state index contributed by atoms with van der Waals surface area (Å²) >= 11 is 0. The summed E-state index contributed by atoms with van der Waals surface area (Å²) in [7, 11) is 0. The Morgan fingerprint density at radius 3 is 2.67 bits per heavy atom. The van der Waals surface area contributed by atoms with Gasteiger partial charge in [-0.2, -0.15) is 4.98 Å². The van der Waals surface area contributed by atoms with Crippen molar-refractivity contribution in [1.82, 2.24) is 30.1 Å². The van der Waals surface area contributed by atoms with E-state index < -0.39 is 11.7 Å². The number of nitrogens with one attached hydrogen (secondary N) is 2.